The zero-order valence-electron chi connectivity index (χ0n) is 12.0. The largest absolute Gasteiger partial charge is 0.314 e. The lowest BCUT2D eigenvalue weighted by atomic mass is 9.91. The van der Waals surface area contributed by atoms with E-state index in [1.54, 1.807) is 0 Å². The van der Waals surface area contributed by atoms with Crippen molar-refractivity contribution in [1.29, 1.82) is 0 Å². The molecule has 0 radical (unpaired) electrons. The molecule has 0 aliphatic carbocycles. The van der Waals surface area contributed by atoms with Crippen molar-refractivity contribution in [1.82, 2.24) is 15.2 Å². The van der Waals surface area contributed by atoms with Crippen molar-refractivity contribution >= 4 is 40.7 Å². The van der Waals surface area contributed by atoms with Gasteiger partial charge in [0, 0.05) is 49.1 Å². The van der Waals surface area contributed by atoms with Crippen LogP contribution in [0.15, 0.2) is 22.9 Å². The van der Waals surface area contributed by atoms with Crippen LogP contribution in [0.4, 0.5) is 0 Å². The van der Waals surface area contributed by atoms with Crippen LogP contribution >= 0.6 is 40.7 Å². The van der Waals surface area contributed by atoms with E-state index in [9.17, 15) is 0 Å². The molecule has 2 atom stereocenters. The van der Waals surface area contributed by atoms with E-state index in [1.807, 2.05) is 12.4 Å². The number of nitrogens with zero attached hydrogens (tertiary/aromatic N) is 2. The summed E-state index contributed by atoms with van der Waals surface area (Å²) in [6.07, 6.45) is 5.07. The fraction of sp³-hybridized carbons (Fsp3) is 0.643. The summed E-state index contributed by atoms with van der Waals surface area (Å²) < 4.78 is 1.07. The normalized spacial score (nSPS) is 18.6. The quantitative estimate of drug-likeness (QED) is 0.857. The van der Waals surface area contributed by atoms with Crippen LogP contribution in [0.3, 0.4) is 0 Å². The Labute approximate surface area is 142 Å². The van der Waals surface area contributed by atoms with Crippen molar-refractivity contribution < 1.29 is 0 Å². The molecule has 0 amide bonds. The van der Waals surface area contributed by atoms with Crippen molar-refractivity contribution in [2.75, 3.05) is 26.2 Å². The van der Waals surface area contributed by atoms with Gasteiger partial charge in [0.2, 0.25) is 0 Å². The van der Waals surface area contributed by atoms with Gasteiger partial charge in [-0.15, -0.1) is 24.8 Å². The molecule has 20 heavy (non-hydrogen) atoms. The predicted octanol–water partition coefficient (Wildman–Crippen LogP) is 3.68. The molecule has 1 aliphatic heterocycles. The number of pyridine rings is 1. The Morgan fingerprint density at radius 2 is 1.95 bits per heavy atom. The lowest BCUT2D eigenvalue weighted by Gasteiger charge is -2.38. The molecule has 1 N–H and O–H groups in total. The van der Waals surface area contributed by atoms with Crippen molar-refractivity contribution in [2.24, 2.45) is 5.92 Å². The predicted molar refractivity (Wildman–Crippen MR) is 93.1 cm³/mol. The summed E-state index contributed by atoms with van der Waals surface area (Å²) in [6.45, 7) is 9.05. The number of rotatable bonds is 4. The second-order valence-corrected chi connectivity index (χ2v) is 5.97. The fourth-order valence-corrected chi connectivity index (χ4v) is 3.06. The SMILES string of the molecule is CCC(C)[C@H](c1cncc(Br)c1)N1CCNCC1.Cl.Cl. The molecule has 116 valence electrons. The minimum Gasteiger partial charge on any atom is -0.314 e. The van der Waals surface area contributed by atoms with Crippen LogP contribution < -0.4 is 5.32 Å². The zero-order valence-corrected chi connectivity index (χ0v) is 15.2. The van der Waals surface area contributed by atoms with Crippen LogP contribution in [0.1, 0.15) is 31.9 Å². The van der Waals surface area contributed by atoms with E-state index in [4.69, 9.17) is 0 Å². The molecule has 0 aromatic carbocycles. The molecule has 1 aromatic heterocycles. The molecular formula is C14H24BrCl2N3. The number of piperazine rings is 1. The van der Waals surface area contributed by atoms with Gasteiger partial charge >= 0.3 is 0 Å². The maximum absolute atomic E-state index is 4.33. The standard InChI is InChI=1S/C14H22BrN3.2ClH/c1-3-11(2)14(18-6-4-16-5-7-18)12-8-13(15)10-17-9-12;;/h8-11,14,16H,3-7H2,1-2H3;2*1H/t11?,14-;;/m1../s1. The van der Waals surface area contributed by atoms with Gasteiger partial charge in [-0.2, -0.15) is 0 Å². The highest BCUT2D eigenvalue weighted by molar-refractivity contribution is 9.10. The van der Waals surface area contributed by atoms with Gasteiger partial charge in [-0.25, -0.2) is 0 Å². The van der Waals surface area contributed by atoms with E-state index in [-0.39, 0.29) is 24.8 Å². The third-order valence-electron chi connectivity index (χ3n) is 3.80. The van der Waals surface area contributed by atoms with Gasteiger partial charge in [-0.1, -0.05) is 20.3 Å². The Morgan fingerprint density at radius 3 is 2.50 bits per heavy atom. The summed E-state index contributed by atoms with van der Waals surface area (Å²) in [5, 5.41) is 3.42. The molecule has 0 spiro atoms. The summed E-state index contributed by atoms with van der Waals surface area (Å²) in [7, 11) is 0. The zero-order chi connectivity index (χ0) is 13.0. The Bertz CT molecular complexity index is 386. The average Bonchev–Trinajstić information content (AvgIpc) is 2.40. The summed E-state index contributed by atoms with van der Waals surface area (Å²) in [5.41, 5.74) is 1.33. The second-order valence-electron chi connectivity index (χ2n) is 5.05. The van der Waals surface area contributed by atoms with Gasteiger partial charge in [0.25, 0.3) is 0 Å². The smallest absolute Gasteiger partial charge is 0.0410 e. The number of aromatic nitrogens is 1. The number of hydrogen-bond acceptors (Lipinski definition) is 3. The molecule has 1 aliphatic rings. The Hall–Kier alpha value is 0.130. The van der Waals surface area contributed by atoms with E-state index in [1.165, 1.54) is 12.0 Å². The molecule has 3 nitrogen and oxygen atoms in total. The average molecular weight is 385 g/mol. The third kappa shape index (κ3) is 5.15. The summed E-state index contributed by atoms with van der Waals surface area (Å²) in [4.78, 5) is 6.92. The highest BCUT2D eigenvalue weighted by Crippen LogP contribution is 2.31. The van der Waals surface area contributed by atoms with E-state index in [0.717, 1.165) is 30.7 Å². The highest BCUT2D eigenvalue weighted by atomic mass is 79.9. The molecule has 2 heterocycles. The number of hydrogen-bond donors (Lipinski definition) is 1. The van der Waals surface area contributed by atoms with Gasteiger partial charge in [0.05, 0.1) is 0 Å². The maximum atomic E-state index is 4.33. The van der Waals surface area contributed by atoms with Crippen LogP contribution in [0, 0.1) is 5.92 Å². The molecule has 6 heteroatoms. The first-order chi connectivity index (χ1) is 8.72. The molecule has 0 saturated carbocycles. The molecule has 0 bridgehead atoms. The van der Waals surface area contributed by atoms with Crippen LogP contribution in [-0.2, 0) is 0 Å². The first-order valence-corrected chi connectivity index (χ1v) is 7.57. The van der Waals surface area contributed by atoms with Gasteiger partial charge in [-0.3, -0.25) is 9.88 Å². The lowest BCUT2D eigenvalue weighted by molar-refractivity contribution is 0.128. The molecule has 2 rings (SSSR count). The Morgan fingerprint density at radius 1 is 1.30 bits per heavy atom. The lowest BCUT2D eigenvalue weighted by Crippen LogP contribution is -2.46. The maximum Gasteiger partial charge on any atom is 0.0410 e. The third-order valence-corrected chi connectivity index (χ3v) is 4.23. The van der Waals surface area contributed by atoms with Gasteiger partial charge in [0.15, 0.2) is 0 Å². The van der Waals surface area contributed by atoms with Crippen LogP contribution in [0.5, 0.6) is 0 Å². The van der Waals surface area contributed by atoms with Crippen LogP contribution in [0.25, 0.3) is 0 Å². The molecular weight excluding hydrogens is 361 g/mol. The summed E-state index contributed by atoms with van der Waals surface area (Å²) in [5.74, 6) is 0.652. The van der Waals surface area contributed by atoms with Crippen molar-refractivity contribution in [3.8, 4) is 0 Å². The fourth-order valence-electron chi connectivity index (χ4n) is 2.67. The monoisotopic (exact) mass is 383 g/mol. The minimum absolute atomic E-state index is 0. The molecule has 1 aromatic rings. The Kier molecular flexibility index (Phi) is 10.0. The van der Waals surface area contributed by atoms with E-state index >= 15 is 0 Å². The summed E-state index contributed by atoms with van der Waals surface area (Å²) in [6, 6.07) is 2.70. The van der Waals surface area contributed by atoms with Gasteiger partial charge in [-0.05, 0) is 33.5 Å². The van der Waals surface area contributed by atoms with Crippen LogP contribution in [0.2, 0.25) is 0 Å². The van der Waals surface area contributed by atoms with E-state index in [0.29, 0.717) is 12.0 Å². The molecule has 1 fully saturated rings. The van der Waals surface area contributed by atoms with E-state index < -0.39 is 0 Å². The van der Waals surface area contributed by atoms with Crippen molar-refractivity contribution in [3.63, 3.8) is 0 Å². The minimum atomic E-state index is 0. The van der Waals surface area contributed by atoms with Gasteiger partial charge in [0.1, 0.15) is 0 Å². The first kappa shape index (κ1) is 20.1. The number of nitrogens with one attached hydrogen (secondary N) is 1. The second kappa shape index (κ2) is 9.96. The van der Waals surface area contributed by atoms with Crippen LogP contribution in [-0.4, -0.2) is 36.1 Å². The van der Waals surface area contributed by atoms with E-state index in [2.05, 4.69) is 51.0 Å². The Balaban J connectivity index is 0.00000180. The first-order valence-electron chi connectivity index (χ1n) is 6.77. The molecule has 1 saturated heterocycles. The van der Waals surface area contributed by atoms with Crippen molar-refractivity contribution in [2.45, 2.75) is 26.3 Å². The van der Waals surface area contributed by atoms with Gasteiger partial charge < -0.3 is 5.32 Å². The number of halogens is 3. The molecule has 1 unspecified atom stereocenters. The summed E-state index contributed by atoms with van der Waals surface area (Å²) >= 11 is 3.53. The van der Waals surface area contributed by atoms with Crippen molar-refractivity contribution in [3.05, 3.63) is 28.5 Å². The highest BCUT2D eigenvalue weighted by Gasteiger charge is 2.26. The topological polar surface area (TPSA) is 28.2 Å².